The number of nitrogens with zero attached hydrogens (tertiary/aromatic N) is 2. The van der Waals surface area contributed by atoms with Crippen LogP contribution in [0.3, 0.4) is 0 Å². The van der Waals surface area contributed by atoms with Crippen molar-refractivity contribution >= 4 is 17.7 Å². The lowest BCUT2D eigenvalue weighted by Crippen LogP contribution is -2.59. The van der Waals surface area contributed by atoms with Crippen molar-refractivity contribution in [3.05, 3.63) is 41.9 Å². The van der Waals surface area contributed by atoms with Crippen molar-refractivity contribution < 1.29 is 23.9 Å². The third-order valence-electron chi connectivity index (χ3n) is 6.36. The minimum absolute atomic E-state index is 0.0418. The van der Waals surface area contributed by atoms with Gasteiger partial charge in [0.1, 0.15) is 12.1 Å². The highest BCUT2D eigenvalue weighted by Crippen LogP contribution is 2.28. The SMILES string of the molecule is Cc1ncoc1-c1ccc(CNC(=O)C2CC(O)CN2C(=O)C(NC(=O)C(C)(C)C)C(C)(C)C)cc1. The van der Waals surface area contributed by atoms with E-state index in [1.807, 2.05) is 52.0 Å². The molecule has 1 aliphatic rings. The van der Waals surface area contributed by atoms with Crippen LogP contribution in [0.1, 0.15) is 59.2 Å². The first-order valence-electron chi connectivity index (χ1n) is 12.2. The van der Waals surface area contributed by atoms with Gasteiger partial charge in [-0.1, -0.05) is 65.8 Å². The van der Waals surface area contributed by atoms with E-state index in [0.29, 0.717) is 5.76 Å². The predicted molar refractivity (Wildman–Crippen MR) is 135 cm³/mol. The van der Waals surface area contributed by atoms with Gasteiger partial charge in [0.05, 0.1) is 11.8 Å². The lowest BCUT2D eigenvalue weighted by atomic mass is 9.84. The summed E-state index contributed by atoms with van der Waals surface area (Å²) in [4.78, 5) is 44.9. The number of aliphatic hydroxyl groups excluding tert-OH is 1. The highest BCUT2D eigenvalue weighted by molar-refractivity contribution is 5.94. The summed E-state index contributed by atoms with van der Waals surface area (Å²) in [6, 6.07) is 5.92. The first-order chi connectivity index (χ1) is 16.7. The van der Waals surface area contributed by atoms with Crippen molar-refractivity contribution in [2.75, 3.05) is 6.54 Å². The Kier molecular flexibility index (Phi) is 7.93. The maximum absolute atomic E-state index is 13.6. The van der Waals surface area contributed by atoms with Gasteiger partial charge in [0, 0.05) is 30.5 Å². The van der Waals surface area contributed by atoms with Crippen LogP contribution in [0.25, 0.3) is 11.3 Å². The van der Waals surface area contributed by atoms with Gasteiger partial charge in [0.15, 0.2) is 12.2 Å². The second-order valence-electron chi connectivity index (χ2n) is 11.6. The molecule has 196 valence electrons. The number of hydrogen-bond acceptors (Lipinski definition) is 6. The Labute approximate surface area is 212 Å². The van der Waals surface area contributed by atoms with E-state index in [1.165, 1.54) is 11.3 Å². The van der Waals surface area contributed by atoms with E-state index in [0.717, 1.165) is 16.8 Å². The summed E-state index contributed by atoms with van der Waals surface area (Å²) in [5, 5.41) is 16.1. The number of nitrogens with one attached hydrogen (secondary N) is 2. The summed E-state index contributed by atoms with van der Waals surface area (Å²) in [5.74, 6) is -0.263. The zero-order chi connectivity index (χ0) is 26.8. The van der Waals surface area contributed by atoms with Crippen molar-refractivity contribution in [2.24, 2.45) is 10.8 Å². The van der Waals surface area contributed by atoms with Gasteiger partial charge in [-0.3, -0.25) is 14.4 Å². The van der Waals surface area contributed by atoms with Gasteiger partial charge in [-0.25, -0.2) is 4.98 Å². The van der Waals surface area contributed by atoms with Crippen molar-refractivity contribution in [3.63, 3.8) is 0 Å². The fraction of sp³-hybridized carbons (Fsp3) is 0.556. The number of likely N-dealkylation sites (tertiary alicyclic amines) is 1. The number of aliphatic hydroxyl groups is 1. The third kappa shape index (κ3) is 6.32. The monoisotopic (exact) mass is 498 g/mol. The van der Waals surface area contributed by atoms with Crippen molar-refractivity contribution in [1.82, 2.24) is 20.5 Å². The molecule has 0 radical (unpaired) electrons. The number of oxazole rings is 1. The molecule has 2 heterocycles. The van der Waals surface area contributed by atoms with Gasteiger partial charge in [0.2, 0.25) is 17.7 Å². The number of benzene rings is 1. The molecule has 9 nitrogen and oxygen atoms in total. The van der Waals surface area contributed by atoms with Crippen molar-refractivity contribution in [1.29, 1.82) is 0 Å². The number of hydrogen-bond donors (Lipinski definition) is 3. The summed E-state index contributed by atoms with van der Waals surface area (Å²) in [6.45, 7) is 13.1. The normalized spacial score (nSPS) is 19.2. The van der Waals surface area contributed by atoms with Gasteiger partial charge in [0.25, 0.3) is 0 Å². The molecule has 0 spiro atoms. The molecule has 0 bridgehead atoms. The minimum atomic E-state index is -0.836. The number of carbonyl (C=O) groups is 3. The molecule has 0 aliphatic carbocycles. The molecule has 3 amide bonds. The molecule has 3 rings (SSSR count). The van der Waals surface area contributed by atoms with Gasteiger partial charge >= 0.3 is 0 Å². The van der Waals surface area contributed by atoms with Gasteiger partial charge < -0.3 is 25.1 Å². The quantitative estimate of drug-likeness (QED) is 0.563. The molecule has 1 aromatic carbocycles. The molecule has 1 saturated heterocycles. The Morgan fingerprint density at radius 1 is 1.14 bits per heavy atom. The molecule has 0 saturated carbocycles. The summed E-state index contributed by atoms with van der Waals surface area (Å²) in [7, 11) is 0. The average Bonchev–Trinajstić information content (AvgIpc) is 3.39. The lowest BCUT2D eigenvalue weighted by molar-refractivity contribution is -0.145. The second kappa shape index (κ2) is 10.4. The number of β-amino-alcohol motifs (C(OH)–C–C–N with tert-alkyl or cyclic N) is 1. The van der Waals surface area contributed by atoms with Gasteiger partial charge in [-0.15, -0.1) is 0 Å². The van der Waals surface area contributed by atoms with Crippen LogP contribution < -0.4 is 10.6 Å². The largest absolute Gasteiger partial charge is 0.443 e. The highest BCUT2D eigenvalue weighted by atomic mass is 16.3. The molecule has 3 atom stereocenters. The van der Waals surface area contributed by atoms with Crippen LogP contribution in [0.2, 0.25) is 0 Å². The van der Waals surface area contributed by atoms with E-state index in [-0.39, 0.29) is 37.2 Å². The predicted octanol–water partition coefficient (Wildman–Crippen LogP) is 2.81. The standard InChI is InChI=1S/C27H38N4O5/c1-16-21(36-15-29-16)18-10-8-17(9-11-18)13-28-23(33)20-12-19(32)14-31(20)24(34)22(26(2,3)4)30-25(35)27(5,6)7/h8-11,15,19-20,22,32H,12-14H2,1-7H3,(H,28,33)(H,30,35). The maximum Gasteiger partial charge on any atom is 0.246 e. The van der Waals surface area contributed by atoms with Crippen LogP contribution in [0.4, 0.5) is 0 Å². The van der Waals surface area contributed by atoms with Crippen molar-refractivity contribution in [2.45, 2.75) is 79.6 Å². The first kappa shape index (κ1) is 27.4. The molecule has 1 aromatic heterocycles. The fourth-order valence-corrected chi connectivity index (χ4v) is 4.13. The molecule has 1 aliphatic heterocycles. The Bertz CT molecular complexity index is 1090. The topological polar surface area (TPSA) is 125 Å². The van der Waals surface area contributed by atoms with E-state index in [9.17, 15) is 19.5 Å². The Morgan fingerprint density at radius 3 is 2.31 bits per heavy atom. The number of amides is 3. The Hall–Kier alpha value is -3.20. The number of carbonyl (C=O) groups excluding carboxylic acids is 3. The molecule has 2 aromatic rings. The number of aryl methyl sites for hydroxylation is 1. The summed E-state index contributed by atoms with van der Waals surface area (Å²) in [5.41, 5.74) is 1.31. The Morgan fingerprint density at radius 2 is 1.78 bits per heavy atom. The van der Waals surface area contributed by atoms with E-state index in [1.54, 1.807) is 20.8 Å². The van der Waals surface area contributed by atoms with E-state index < -0.39 is 29.0 Å². The van der Waals surface area contributed by atoms with E-state index >= 15 is 0 Å². The number of aromatic nitrogens is 1. The molecule has 3 N–H and O–H groups in total. The zero-order valence-electron chi connectivity index (χ0n) is 22.2. The summed E-state index contributed by atoms with van der Waals surface area (Å²) < 4.78 is 5.42. The van der Waals surface area contributed by atoms with Crippen LogP contribution in [0.15, 0.2) is 35.1 Å². The maximum atomic E-state index is 13.6. The molecular formula is C27H38N4O5. The molecular weight excluding hydrogens is 460 g/mol. The van der Waals surface area contributed by atoms with Crippen molar-refractivity contribution in [3.8, 4) is 11.3 Å². The van der Waals surface area contributed by atoms with Crippen LogP contribution in [0, 0.1) is 17.8 Å². The van der Waals surface area contributed by atoms with Gasteiger partial charge in [-0.2, -0.15) is 0 Å². The van der Waals surface area contributed by atoms with Crippen LogP contribution >= 0.6 is 0 Å². The first-order valence-corrected chi connectivity index (χ1v) is 12.2. The summed E-state index contributed by atoms with van der Waals surface area (Å²) >= 11 is 0. The minimum Gasteiger partial charge on any atom is -0.443 e. The van der Waals surface area contributed by atoms with Crippen LogP contribution in [0.5, 0.6) is 0 Å². The summed E-state index contributed by atoms with van der Waals surface area (Å²) in [6.07, 6.45) is 0.736. The van der Waals surface area contributed by atoms with E-state index in [2.05, 4.69) is 15.6 Å². The second-order valence-corrected chi connectivity index (χ2v) is 11.6. The van der Waals surface area contributed by atoms with Gasteiger partial charge in [-0.05, 0) is 17.9 Å². The lowest BCUT2D eigenvalue weighted by Gasteiger charge is -2.36. The van der Waals surface area contributed by atoms with Crippen LogP contribution in [-0.4, -0.2) is 57.4 Å². The molecule has 1 fully saturated rings. The zero-order valence-corrected chi connectivity index (χ0v) is 22.2. The molecule has 36 heavy (non-hydrogen) atoms. The Balaban J connectivity index is 1.69. The average molecular weight is 499 g/mol. The smallest absolute Gasteiger partial charge is 0.246 e. The van der Waals surface area contributed by atoms with Crippen LogP contribution in [-0.2, 0) is 20.9 Å². The third-order valence-corrected chi connectivity index (χ3v) is 6.36. The highest BCUT2D eigenvalue weighted by Gasteiger charge is 2.45. The number of rotatable bonds is 6. The molecule has 3 unspecified atom stereocenters. The molecule has 9 heteroatoms. The van der Waals surface area contributed by atoms with E-state index in [4.69, 9.17) is 4.42 Å². The fourth-order valence-electron chi connectivity index (χ4n) is 4.13.